The first-order valence-electron chi connectivity index (χ1n) is 11.3. The van der Waals surface area contributed by atoms with Gasteiger partial charge in [0.05, 0.1) is 41.6 Å². The number of amides is 1. The van der Waals surface area contributed by atoms with Gasteiger partial charge in [-0.1, -0.05) is 31.2 Å². The van der Waals surface area contributed by atoms with Gasteiger partial charge in [-0.2, -0.15) is 0 Å². The fourth-order valence-electron chi connectivity index (χ4n) is 3.78. The van der Waals surface area contributed by atoms with Gasteiger partial charge in [0.15, 0.2) is 21.4 Å². The number of carbonyl (C=O) groups excluding carboxylic acids is 1. The summed E-state index contributed by atoms with van der Waals surface area (Å²) in [5.41, 5.74) is 3.19. The first-order valence-corrected chi connectivity index (χ1v) is 13.0. The second kappa shape index (κ2) is 10.8. The number of aromatic nitrogens is 2. The van der Waals surface area contributed by atoms with E-state index in [9.17, 15) is 13.2 Å². The average molecular weight is 497 g/mol. The van der Waals surface area contributed by atoms with Gasteiger partial charge in [-0.05, 0) is 29.3 Å². The highest BCUT2D eigenvalue weighted by Gasteiger charge is 2.22. The van der Waals surface area contributed by atoms with Crippen LogP contribution in [0.1, 0.15) is 34.1 Å². The molecular formula is C25H28N4O5S. The van der Waals surface area contributed by atoms with Crippen molar-refractivity contribution in [1.82, 2.24) is 15.3 Å². The third kappa shape index (κ3) is 5.77. The Balaban J connectivity index is 1.43. The molecule has 9 nitrogen and oxygen atoms in total. The number of carbonyl (C=O) groups is 1. The highest BCUT2D eigenvalue weighted by atomic mass is 32.2. The number of rotatable bonds is 9. The largest absolute Gasteiger partial charge is 0.488 e. The predicted octanol–water partition coefficient (Wildman–Crippen LogP) is 2.75. The predicted molar refractivity (Wildman–Crippen MR) is 131 cm³/mol. The van der Waals surface area contributed by atoms with Crippen LogP contribution in [0.4, 0.5) is 5.82 Å². The molecule has 0 atom stereocenters. The molecule has 1 N–H and O–H groups in total. The molecule has 3 heterocycles. The SMILES string of the molecule is CCS(=O)(=O)c1ccc(CNC(=O)c2cnc3c(c2)OCCN3Cc2ccccc2COC)nc1. The lowest BCUT2D eigenvalue weighted by Crippen LogP contribution is -2.33. The van der Waals surface area contributed by atoms with E-state index in [1.807, 2.05) is 18.2 Å². The van der Waals surface area contributed by atoms with E-state index in [2.05, 4.69) is 26.3 Å². The molecule has 1 aliphatic rings. The minimum absolute atomic E-state index is 0.00918. The summed E-state index contributed by atoms with van der Waals surface area (Å²) in [6.45, 7) is 4.10. The number of benzene rings is 1. The molecule has 0 aliphatic carbocycles. The van der Waals surface area contributed by atoms with E-state index in [0.29, 0.717) is 49.1 Å². The maximum atomic E-state index is 12.7. The van der Waals surface area contributed by atoms with Crippen LogP contribution in [-0.4, -0.2) is 50.3 Å². The second-order valence-electron chi connectivity index (χ2n) is 8.09. The van der Waals surface area contributed by atoms with Gasteiger partial charge in [0, 0.05) is 26.0 Å². The summed E-state index contributed by atoms with van der Waals surface area (Å²) in [6, 6.07) is 12.9. The Morgan fingerprint density at radius 2 is 1.94 bits per heavy atom. The molecule has 0 fully saturated rings. The number of ether oxygens (including phenoxy) is 2. The molecule has 0 saturated heterocycles. The van der Waals surface area contributed by atoms with Gasteiger partial charge in [-0.15, -0.1) is 0 Å². The molecule has 10 heteroatoms. The maximum Gasteiger partial charge on any atom is 0.253 e. The molecule has 2 aromatic heterocycles. The van der Waals surface area contributed by atoms with Crippen LogP contribution < -0.4 is 15.0 Å². The Labute approximate surface area is 205 Å². The molecule has 1 aromatic carbocycles. The van der Waals surface area contributed by atoms with Crippen molar-refractivity contribution in [2.45, 2.75) is 31.5 Å². The lowest BCUT2D eigenvalue weighted by atomic mass is 10.1. The number of sulfone groups is 1. The van der Waals surface area contributed by atoms with Gasteiger partial charge in [0.2, 0.25) is 0 Å². The zero-order valence-corrected chi connectivity index (χ0v) is 20.5. The number of pyridine rings is 2. The third-order valence-corrected chi connectivity index (χ3v) is 7.48. The number of nitrogens with zero attached hydrogens (tertiary/aromatic N) is 3. The summed E-state index contributed by atoms with van der Waals surface area (Å²) in [4.78, 5) is 23.7. The Hall–Kier alpha value is -3.50. The monoisotopic (exact) mass is 496 g/mol. The Morgan fingerprint density at radius 1 is 1.14 bits per heavy atom. The summed E-state index contributed by atoms with van der Waals surface area (Å²) in [5.74, 6) is 0.934. The molecule has 184 valence electrons. The smallest absolute Gasteiger partial charge is 0.253 e. The third-order valence-electron chi connectivity index (χ3n) is 5.76. The standard InChI is InChI=1S/C25H28N4O5S/c1-3-35(31,32)22-9-8-21(26-15-22)14-28-25(30)20-12-23-24(27-13-20)29(10-11-34-23)16-18-6-4-5-7-19(18)17-33-2/h4-9,12-13,15H,3,10-11,14,16-17H2,1-2H3,(H,28,30). The summed E-state index contributed by atoms with van der Waals surface area (Å²) in [5, 5.41) is 2.79. The molecule has 0 unspecified atom stereocenters. The number of hydrogen-bond donors (Lipinski definition) is 1. The van der Waals surface area contributed by atoms with Crippen molar-refractivity contribution < 1.29 is 22.7 Å². The average Bonchev–Trinajstić information content (AvgIpc) is 2.88. The highest BCUT2D eigenvalue weighted by molar-refractivity contribution is 7.91. The van der Waals surface area contributed by atoms with Crippen LogP contribution in [0.5, 0.6) is 5.75 Å². The van der Waals surface area contributed by atoms with E-state index < -0.39 is 9.84 Å². The van der Waals surface area contributed by atoms with E-state index in [1.54, 1.807) is 26.2 Å². The number of anilines is 1. The van der Waals surface area contributed by atoms with Crippen molar-refractivity contribution in [3.63, 3.8) is 0 Å². The highest BCUT2D eigenvalue weighted by Crippen LogP contribution is 2.31. The van der Waals surface area contributed by atoms with Crippen LogP contribution in [-0.2, 0) is 34.3 Å². The molecular weight excluding hydrogens is 468 g/mol. The Bertz CT molecular complexity index is 1300. The first-order chi connectivity index (χ1) is 16.9. The van der Waals surface area contributed by atoms with Crippen LogP contribution >= 0.6 is 0 Å². The lowest BCUT2D eigenvalue weighted by Gasteiger charge is -2.30. The fraction of sp³-hybridized carbons (Fsp3) is 0.320. The van der Waals surface area contributed by atoms with Crippen molar-refractivity contribution in [3.8, 4) is 5.75 Å². The van der Waals surface area contributed by atoms with E-state index in [1.165, 1.54) is 18.5 Å². The van der Waals surface area contributed by atoms with Gasteiger partial charge in [-0.3, -0.25) is 9.78 Å². The number of methoxy groups -OCH3 is 1. The van der Waals surface area contributed by atoms with Crippen LogP contribution in [0.15, 0.2) is 59.8 Å². The van der Waals surface area contributed by atoms with E-state index >= 15 is 0 Å². The first kappa shape index (κ1) is 24.6. The topological polar surface area (TPSA) is 111 Å². The summed E-state index contributed by atoms with van der Waals surface area (Å²) in [7, 11) is -1.63. The minimum atomic E-state index is -3.31. The number of fused-ring (bicyclic) bond motifs is 1. The van der Waals surface area contributed by atoms with Crippen molar-refractivity contribution in [2.75, 3.05) is 30.9 Å². The second-order valence-corrected chi connectivity index (χ2v) is 10.4. The van der Waals surface area contributed by atoms with Crippen molar-refractivity contribution >= 4 is 21.6 Å². The van der Waals surface area contributed by atoms with Gasteiger partial charge in [0.1, 0.15) is 6.61 Å². The van der Waals surface area contributed by atoms with Crippen LogP contribution in [0.2, 0.25) is 0 Å². The molecule has 1 amide bonds. The normalized spacial score (nSPS) is 13.1. The fourth-order valence-corrected chi connectivity index (χ4v) is 4.61. The summed E-state index contributed by atoms with van der Waals surface area (Å²) >= 11 is 0. The molecule has 0 saturated carbocycles. The number of hydrogen-bond acceptors (Lipinski definition) is 8. The Morgan fingerprint density at radius 3 is 2.66 bits per heavy atom. The maximum absolute atomic E-state index is 12.7. The van der Waals surface area contributed by atoms with Crippen molar-refractivity contribution in [1.29, 1.82) is 0 Å². The molecule has 1 aliphatic heterocycles. The Kier molecular flexibility index (Phi) is 7.62. The molecule has 35 heavy (non-hydrogen) atoms. The van der Waals surface area contributed by atoms with Crippen molar-refractivity contribution in [3.05, 3.63) is 77.2 Å². The van der Waals surface area contributed by atoms with Crippen molar-refractivity contribution in [2.24, 2.45) is 0 Å². The number of nitrogens with one attached hydrogen (secondary N) is 1. The van der Waals surface area contributed by atoms with Gasteiger partial charge >= 0.3 is 0 Å². The van der Waals surface area contributed by atoms with Crippen LogP contribution in [0.3, 0.4) is 0 Å². The molecule has 4 rings (SSSR count). The quantitative estimate of drug-likeness (QED) is 0.482. The van der Waals surface area contributed by atoms with Gasteiger partial charge < -0.3 is 19.7 Å². The van der Waals surface area contributed by atoms with Crippen LogP contribution in [0, 0.1) is 0 Å². The zero-order chi connectivity index (χ0) is 24.8. The summed E-state index contributed by atoms with van der Waals surface area (Å²) in [6.07, 6.45) is 2.84. The lowest BCUT2D eigenvalue weighted by molar-refractivity contribution is 0.0949. The summed E-state index contributed by atoms with van der Waals surface area (Å²) < 4.78 is 34.9. The van der Waals surface area contributed by atoms with Crippen LogP contribution in [0.25, 0.3) is 0 Å². The minimum Gasteiger partial charge on any atom is -0.488 e. The molecule has 0 spiro atoms. The molecule has 0 radical (unpaired) electrons. The molecule has 3 aromatic rings. The van der Waals surface area contributed by atoms with Gasteiger partial charge in [0.25, 0.3) is 5.91 Å². The zero-order valence-electron chi connectivity index (χ0n) is 19.7. The van der Waals surface area contributed by atoms with E-state index in [-0.39, 0.29) is 23.1 Å². The molecule has 0 bridgehead atoms. The van der Waals surface area contributed by atoms with E-state index in [4.69, 9.17) is 9.47 Å². The van der Waals surface area contributed by atoms with E-state index in [0.717, 1.165) is 11.1 Å². The van der Waals surface area contributed by atoms with Gasteiger partial charge in [-0.25, -0.2) is 13.4 Å².